The molecule has 0 aliphatic rings. The maximum absolute atomic E-state index is 11.5. The first kappa shape index (κ1) is 16.3. The number of methoxy groups -OCH3 is 1. The molecule has 0 saturated heterocycles. The van der Waals surface area contributed by atoms with E-state index in [1.165, 1.54) is 20.1 Å². The summed E-state index contributed by atoms with van der Waals surface area (Å²) in [5.41, 5.74) is 0.525. The monoisotopic (exact) mass is 338 g/mol. The second-order valence-electron chi connectivity index (χ2n) is 4.43. The van der Waals surface area contributed by atoms with E-state index in [1.54, 1.807) is 30.3 Å². The van der Waals surface area contributed by atoms with E-state index in [1.807, 2.05) is 0 Å². The molecular formula is C16H12Cl2O4. The van der Waals surface area contributed by atoms with Crippen LogP contribution >= 0.6 is 23.2 Å². The maximum atomic E-state index is 11.5. The van der Waals surface area contributed by atoms with Gasteiger partial charge in [-0.1, -0.05) is 23.2 Å². The summed E-state index contributed by atoms with van der Waals surface area (Å²) in [6.07, 6.45) is 1.33. The number of hydrogen-bond donors (Lipinski definition) is 0. The second-order valence-corrected chi connectivity index (χ2v) is 5.28. The lowest BCUT2D eigenvalue weighted by atomic mass is 10.1. The summed E-state index contributed by atoms with van der Waals surface area (Å²) in [5, 5.41) is 1.00. The Labute approximate surface area is 137 Å². The van der Waals surface area contributed by atoms with Crippen molar-refractivity contribution in [2.24, 2.45) is 0 Å². The van der Waals surface area contributed by atoms with Crippen molar-refractivity contribution in [3.8, 4) is 11.3 Å². The Bertz CT molecular complexity index is 759. The molecule has 1 aromatic carbocycles. The van der Waals surface area contributed by atoms with Crippen molar-refractivity contribution in [2.75, 3.05) is 7.11 Å². The van der Waals surface area contributed by atoms with E-state index in [2.05, 4.69) is 4.74 Å². The van der Waals surface area contributed by atoms with Crippen molar-refractivity contribution in [2.45, 2.75) is 6.92 Å². The molecule has 0 spiro atoms. The molecular weight excluding hydrogens is 327 g/mol. The Morgan fingerprint density at radius 3 is 2.55 bits per heavy atom. The number of Topliss-reactive ketones (excluding diaryl/α,β-unsaturated/α-hetero) is 1. The van der Waals surface area contributed by atoms with Gasteiger partial charge in [0.25, 0.3) is 0 Å². The molecule has 4 nitrogen and oxygen atoms in total. The summed E-state index contributed by atoms with van der Waals surface area (Å²) in [7, 11) is 1.21. The molecule has 22 heavy (non-hydrogen) atoms. The topological polar surface area (TPSA) is 56.5 Å². The molecule has 0 N–H and O–H groups in total. The molecule has 0 aliphatic carbocycles. The van der Waals surface area contributed by atoms with E-state index in [0.29, 0.717) is 27.1 Å². The van der Waals surface area contributed by atoms with Gasteiger partial charge >= 0.3 is 5.97 Å². The summed E-state index contributed by atoms with van der Waals surface area (Å²) < 4.78 is 10.2. The first-order chi connectivity index (χ1) is 10.4. The third-order valence-electron chi connectivity index (χ3n) is 2.89. The Morgan fingerprint density at radius 2 is 1.91 bits per heavy atom. The molecule has 1 aromatic heterocycles. The van der Waals surface area contributed by atoms with Gasteiger partial charge in [-0.3, -0.25) is 4.79 Å². The fourth-order valence-electron chi connectivity index (χ4n) is 1.82. The van der Waals surface area contributed by atoms with Gasteiger partial charge in [0.1, 0.15) is 17.1 Å². The van der Waals surface area contributed by atoms with E-state index < -0.39 is 11.8 Å². The standard InChI is InChI=1S/C16H12Cl2O4/c1-9(19)12(16(20)21-2)8-11-4-6-15(22-11)13-7-10(17)3-5-14(13)18/h3-8H,1-2H3/b12-8-. The summed E-state index contributed by atoms with van der Waals surface area (Å²) in [6.45, 7) is 1.28. The van der Waals surface area contributed by atoms with Gasteiger partial charge in [0.15, 0.2) is 5.78 Å². The molecule has 0 radical (unpaired) electrons. The van der Waals surface area contributed by atoms with Gasteiger partial charge in [0, 0.05) is 10.6 Å². The van der Waals surface area contributed by atoms with Gasteiger partial charge in [0.05, 0.1) is 12.1 Å². The fourth-order valence-corrected chi connectivity index (χ4v) is 2.20. The van der Waals surface area contributed by atoms with Gasteiger partial charge in [-0.2, -0.15) is 0 Å². The van der Waals surface area contributed by atoms with E-state index in [9.17, 15) is 9.59 Å². The average Bonchev–Trinajstić information content (AvgIpc) is 2.94. The van der Waals surface area contributed by atoms with E-state index in [-0.39, 0.29) is 5.57 Å². The number of esters is 1. The Kier molecular flexibility index (Phi) is 5.06. The minimum absolute atomic E-state index is 0.0967. The van der Waals surface area contributed by atoms with Crippen molar-refractivity contribution in [1.29, 1.82) is 0 Å². The van der Waals surface area contributed by atoms with Crippen molar-refractivity contribution < 1.29 is 18.7 Å². The number of carbonyl (C=O) groups is 2. The molecule has 0 fully saturated rings. The zero-order chi connectivity index (χ0) is 16.3. The second kappa shape index (κ2) is 6.81. The first-order valence-corrected chi connectivity index (χ1v) is 7.04. The summed E-state index contributed by atoms with van der Waals surface area (Å²) >= 11 is 12.0. The molecule has 2 aromatic rings. The maximum Gasteiger partial charge on any atom is 0.341 e. The van der Waals surface area contributed by atoms with Crippen LogP contribution in [0.4, 0.5) is 0 Å². The lowest BCUT2D eigenvalue weighted by molar-refractivity contribution is -0.137. The molecule has 0 unspecified atom stereocenters. The number of benzene rings is 1. The lowest BCUT2D eigenvalue weighted by Crippen LogP contribution is -2.11. The Hall–Kier alpha value is -2.04. The zero-order valence-corrected chi connectivity index (χ0v) is 13.4. The van der Waals surface area contributed by atoms with Gasteiger partial charge in [-0.05, 0) is 43.3 Å². The normalized spacial score (nSPS) is 11.4. The molecule has 0 bridgehead atoms. The van der Waals surface area contributed by atoms with Crippen LogP contribution in [-0.2, 0) is 14.3 Å². The average molecular weight is 339 g/mol. The number of carbonyl (C=O) groups excluding carboxylic acids is 2. The molecule has 6 heteroatoms. The highest BCUT2D eigenvalue weighted by Gasteiger charge is 2.16. The third-order valence-corrected chi connectivity index (χ3v) is 3.46. The summed E-state index contributed by atoms with van der Waals surface area (Å²) in [5.74, 6) is -0.315. The predicted octanol–water partition coefficient (Wildman–Crippen LogP) is 4.40. The number of hydrogen-bond acceptors (Lipinski definition) is 4. The fraction of sp³-hybridized carbons (Fsp3) is 0.125. The molecule has 1 heterocycles. The highest BCUT2D eigenvalue weighted by molar-refractivity contribution is 6.35. The SMILES string of the molecule is COC(=O)/C(=C\c1ccc(-c2cc(Cl)ccc2Cl)o1)C(C)=O. The molecule has 2 rings (SSSR count). The summed E-state index contributed by atoms with van der Waals surface area (Å²) in [4.78, 5) is 23.0. The zero-order valence-electron chi connectivity index (χ0n) is 11.9. The largest absolute Gasteiger partial charge is 0.465 e. The van der Waals surface area contributed by atoms with E-state index in [0.717, 1.165) is 0 Å². The lowest BCUT2D eigenvalue weighted by Gasteiger charge is -2.02. The van der Waals surface area contributed by atoms with Crippen LogP contribution in [-0.4, -0.2) is 18.9 Å². The van der Waals surface area contributed by atoms with Gasteiger partial charge in [-0.15, -0.1) is 0 Å². The van der Waals surface area contributed by atoms with Crippen LogP contribution in [0.25, 0.3) is 17.4 Å². The van der Waals surface area contributed by atoms with Gasteiger partial charge in [-0.25, -0.2) is 4.79 Å². The summed E-state index contributed by atoms with van der Waals surface area (Å²) in [6, 6.07) is 8.30. The Morgan fingerprint density at radius 1 is 1.18 bits per heavy atom. The number of rotatable bonds is 4. The highest BCUT2D eigenvalue weighted by atomic mass is 35.5. The number of ether oxygens (including phenoxy) is 1. The van der Waals surface area contributed by atoms with Crippen LogP contribution in [0.3, 0.4) is 0 Å². The van der Waals surface area contributed by atoms with Crippen LogP contribution in [0, 0.1) is 0 Å². The van der Waals surface area contributed by atoms with Gasteiger partial charge in [0.2, 0.25) is 0 Å². The molecule has 0 amide bonds. The van der Waals surface area contributed by atoms with E-state index >= 15 is 0 Å². The quantitative estimate of drug-likeness (QED) is 0.359. The molecule has 0 saturated carbocycles. The van der Waals surface area contributed by atoms with Crippen molar-refractivity contribution in [1.82, 2.24) is 0 Å². The molecule has 114 valence electrons. The molecule has 0 aliphatic heterocycles. The van der Waals surface area contributed by atoms with Crippen molar-refractivity contribution >= 4 is 41.0 Å². The smallest absolute Gasteiger partial charge is 0.341 e. The number of halogens is 2. The van der Waals surface area contributed by atoms with Gasteiger partial charge < -0.3 is 9.15 Å². The predicted molar refractivity (Wildman–Crippen MR) is 84.8 cm³/mol. The van der Waals surface area contributed by atoms with E-state index in [4.69, 9.17) is 27.6 Å². The van der Waals surface area contributed by atoms with Crippen molar-refractivity contribution in [3.05, 3.63) is 51.7 Å². The van der Waals surface area contributed by atoms with Crippen LogP contribution in [0.15, 0.2) is 40.3 Å². The van der Waals surface area contributed by atoms with Crippen LogP contribution in [0.1, 0.15) is 12.7 Å². The third kappa shape index (κ3) is 3.59. The number of ketones is 1. The number of furan rings is 1. The Balaban J connectivity index is 2.41. The minimum Gasteiger partial charge on any atom is -0.465 e. The highest BCUT2D eigenvalue weighted by Crippen LogP contribution is 2.32. The van der Waals surface area contributed by atoms with Crippen molar-refractivity contribution in [3.63, 3.8) is 0 Å². The molecule has 0 atom stereocenters. The minimum atomic E-state index is -0.716. The first-order valence-electron chi connectivity index (χ1n) is 6.28. The van der Waals surface area contributed by atoms with Crippen LogP contribution < -0.4 is 0 Å². The van der Waals surface area contributed by atoms with Crippen LogP contribution in [0.2, 0.25) is 10.0 Å². The van der Waals surface area contributed by atoms with Crippen LogP contribution in [0.5, 0.6) is 0 Å².